The molecule has 1 fully saturated rings. The molecule has 2 heterocycles. The number of fused-ring (bicyclic) bond motifs is 1. The summed E-state index contributed by atoms with van der Waals surface area (Å²) in [6, 6.07) is 5.25. The highest BCUT2D eigenvalue weighted by Gasteiger charge is 2.17. The van der Waals surface area contributed by atoms with Crippen LogP contribution in [-0.2, 0) is 0 Å². The van der Waals surface area contributed by atoms with E-state index in [0.29, 0.717) is 6.04 Å². The van der Waals surface area contributed by atoms with Gasteiger partial charge in [-0.05, 0) is 51.1 Å². The lowest BCUT2D eigenvalue weighted by Gasteiger charge is -2.23. The Kier molecular flexibility index (Phi) is 3.66. The fourth-order valence-electron chi connectivity index (χ4n) is 2.52. The minimum atomic E-state index is -0.201. The van der Waals surface area contributed by atoms with E-state index in [0.717, 1.165) is 21.9 Å². The number of nitrogens with zero attached hydrogens (tertiary/aromatic N) is 2. The molecular formula is C14H18FN3S. The molecule has 0 aliphatic carbocycles. The smallest absolute Gasteiger partial charge is 0.183 e. The van der Waals surface area contributed by atoms with Crippen LogP contribution in [0.3, 0.4) is 0 Å². The normalized spacial score (nSPS) is 18.0. The van der Waals surface area contributed by atoms with Crippen LogP contribution in [0.5, 0.6) is 0 Å². The summed E-state index contributed by atoms with van der Waals surface area (Å²) in [6.45, 7) is 5.54. The molecular weight excluding hydrogens is 261 g/mol. The molecule has 1 aromatic heterocycles. The molecule has 1 atom stereocenters. The molecule has 0 saturated carbocycles. The monoisotopic (exact) mass is 279 g/mol. The molecule has 2 aromatic rings. The van der Waals surface area contributed by atoms with Gasteiger partial charge in [0.2, 0.25) is 0 Å². The number of hydrogen-bond donors (Lipinski definition) is 1. The fourth-order valence-corrected chi connectivity index (χ4v) is 3.42. The second-order valence-corrected chi connectivity index (χ2v) is 6.13. The first-order valence-electron chi connectivity index (χ1n) is 6.76. The number of benzene rings is 1. The van der Waals surface area contributed by atoms with E-state index >= 15 is 0 Å². The van der Waals surface area contributed by atoms with Crippen LogP contribution in [0.25, 0.3) is 10.2 Å². The van der Waals surface area contributed by atoms with Crippen LogP contribution >= 0.6 is 11.3 Å². The van der Waals surface area contributed by atoms with Crippen LogP contribution < -0.4 is 5.32 Å². The molecule has 5 heteroatoms. The first-order chi connectivity index (χ1) is 9.22. The predicted octanol–water partition coefficient (Wildman–Crippen LogP) is 3.33. The van der Waals surface area contributed by atoms with E-state index in [1.54, 1.807) is 12.1 Å². The summed E-state index contributed by atoms with van der Waals surface area (Å²) in [5, 5.41) is 4.25. The molecule has 102 valence electrons. The molecule has 3 rings (SSSR count). The van der Waals surface area contributed by atoms with Crippen molar-refractivity contribution < 1.29 is 4.39 Å². The molecule has 0 spiro atoms. The van der Waals surface area contributed by atoms with Crippen molar-refractivity contribution in [3.8, 4) is 0 Å². The Labute approximate surface area is 116 Å². The third-order valence-corrected chi connectivity index (χ3v) is 4.64. The minimum Gasteiger partial charge on any atom is -0.360 e. The number of anilines is 1. The van der Waals surface area contributed by atoms with Gasteiger partial charge in [0, 0.05) is 12.6 Å². The summed E-state index contributed by atoms with van der Waals surface area (Å²) >= 11 is 1.52. The topological polar surface area (TPSA) is 28.2 Å². The van der Waals surface area contributed by atoms with Crippen LogP contribution in [-0.4, -0.2) is 35.6 Å². The summed E-state index contributed by atoms with van der Waals surface area (Å²) in [4.78, 5) is 6.97. The maximum atomic E-state index is 13.1. The molecule has 19 heavy (non-hydrogen) atoms. The van der Waals surface area contributed by atoms with Gasteiger partial charge in [0.1, 0.15) is 5.82 Å². The van der Waals surface area contributed by atoms with E-state index in [1.807, 2.05) is 0 Å². The largest absolute Gasteiger partial charge is 0.360 e. The molecule has 1 N–H and O–H groups in total. The zero-order valence-corrected chi connectivity index (χ0v) is 11.8. The van der Waals surface area contributed by atoms with E-state index in [2.05, 4.69) is 22.1 Å². The van der Waals surface area contributed by atoms with Gasteiger partial charge in [-0.25, -0.2) is 9.37 Å². The zero-order chi connectivity index (χ0) is 13.2. The summed E-state index contributed by atoms with van der Waals surface area (Å²) < 4.78 is 14.0. The van der Waals surface area contributed by atoms with Crippen LogP contribution in [0.2, 0.25) is 0 Å². The third-order valence-electron chi connectivity index (χ3n) is 3.66. The SMILES string of the molecule is CC(CNc1nc2ccc(F)cc2s1)N1CCCC1. The maximum absolute atomic E-state index is 13.1. The number of halogens is 1. The standard InChI is InChI=1S/C14H18FN3S/c1-10(18-6-2-3-7-18)9-16-14-17-12-5-4-11(15)8-13(12)19-14/h4-5,8,10H,2-3,6-7,9H2,1H3,(H,16,17). The first-order valence-corrected chi connectivity index (χ1v) is 7.58. The van der Waals surface area contributed by atoms with Gasteiger partial charge in [-0.15, -0.1) is 0 Å². The Balaban J connectivity index is 1.64. The molecule has 1 aliphatic heterocycles. The van der Waals surface area contributed by atoms with Crippen molar-refractivity contribution >= 4 is 26.7 Å². The van der Waals surface area contributed by atoms with E-state index in [4.69, 9.17) is 0 Å². The van der Waals surface area contributed by atoms with Crippen molar-refractivity contribution in [3.05, 3.63) is 24.0 Å². The van der Waals surface area contributed by atoms with E-state index in [-0.39, 0.29) is 5.82 Å². The van der Waals surface area contributed by atoms with Crippen molar-refractivity contribution in [2.75, 3.05) is 25.0 Å². The van der Waals surface area contributed by atoms with Crippen LogP contribution in [0.4, 0.5) is 9.52 Å². The van der Waals surface area contributed by atoms with Gasteiger partial charge < -0.3 is 5.32 Å². The van der Waals surface area contributed by atoms with Crippen LogP contribution in [0, 0.1) is 5.82 Å². The Hall–Kier alpha value is -1.20. The molecule has 1 aromatic carbocycles. The van der Waals surface area contributed by atoms with Crippen molar-refractivity contribution in [2.45, 2.75) is 25.8 Å². The lowest BCUT2D eigenvalue weighted by atomic mass is 10.3. The number of thiazole rings is 1. The van der Waals surface area contributed by atoms with Crippen molar-refractivity contribution in [1.29, 1.82) is 0 Å². The predicted molar refractivity (Wildman–Crippen MR) is 78.3 cm³/mol. The average Bonchev–Trinajstić information content (AvgIpc) is 3.04. The van der Waals surface area contributed by atoms with Crippen molar-refractivity contribution in [1.82, 2.24) is 9.88 Å². The number of nitrogens with one attached hydrogen (secondary N) is 1. The molecule has 1 aliphatic rings. The Morgan fingerprint density at radius 3 is 3.00 bits per heavy atom. The van der Waals surface area contributed by atoms with Crippen LogP contribution in [0.1, 0.15) is 19.8 Å². The van der Waals surface area contributed by atoms with E-state index in [1.165, 1.54) is 43.3 Å². The van der Waals surface area contributed by atoms with Gasteiger partial charge in [-0.2, -0.15) is 0 Å². The summed E-state index contributed by atoms with van der Waals surface area (Å²) in [5.41, 5.74) is 0.864. The van der Waals surface area contributed by atoms with Crippen molar-refractivity contribution in [2.24, 2.45) is 0 Å². The summed E-state index contributed by atoms with van der Waals surface area (Å²) in [7, 11) is 0. The number of aromatic nitrogens is 1. The van der Waals surface area contributed by atoms with Crippen LogP contribution in [0.15, 0.2) is 18.2 Å². The van der Waals surface area contributed by atoms with Gasteiger partial charge in [-0.3, -0.25) is 4.90 Å². The van der Waals surface area contributed by atoms with Gasteiger partial charge in [-0.1, -0.05) is 11.3 Å². The minimum absolute atomic E-state index is 0.201. The number of hydrogen-bond acceptors (Lipinski definition) is 4. The highest BCUT2D eigenvalue weighted by atomic mass is 32.1. The average molecular weight is 279 g/mol. The van der Waals surface area contributed by atoms with Gasteiger partial charge in [0.25, 0.3) is 0 Å². The molecule has 1 unspecified atom stereocenters. The third kappa shape index (κ3) is 2.87. The second kappa shape index (κ2) is 5.43. The number of rotatable bonds is 4. The lowest BCUT2D eigenvalue weighted by molar-refractivity contribution is 0.269. The lowest BCUT2D eigenvalue weighted by Crippen LogP contribution is -2.35. The molecule has 0 radical (unpaired) electrons. The molecule has 0 amide bonds. The van der Waals surface area contributed by atoms with Crippen molar-refractivity contribution in [3.63, 3.8) is 0 Å². The Bertz CT molecular complexity index is 563. The van der Waals surface area contributed by atoms with Gasteiger partial charge in [0.15, 0.2) is 5.13 Å². The zero-order valence-electron chi connectivity index (χ0n) is 11.0. The summed E-state index contributed by atoms with van der Waals surface area (Å²) in [5.74, 6) is -0.201. The van der Waals surface area contributed by atoms with E-state index in [9.17, 15) is 4.39 Å². The maximum Gasteiger partial charge on any atom is 0.183 e. The fraction of sp³-hybridized carbons (Fsp3) is 0.500. The Morgan fingerprint density at radius 2 is 2.21 bits per heavy atom. The van der Waals surface area contributed by atoms with Gasteiger partial charge >= 0.3 is 0 Å². The number of likely N-dealkylation sites (tertiary alicyclic amines) is 1. The first kappa shape index (κ1) is 12.8. The quantitative estimate of drug-likeness (QED) is 0.930. The molecule has 3 nitrogen and oxygen atoms in total. The van der Waals surface area contributed by atoms with Gasteiger partial charge in [0.05, 0.1) is 10.2 Å². The molecule has 0 bridgehead atoms. The Morgan fingerprint density at radius 1 is 1.42 bits per heavy atom. The summed E-state index contributed by atoms with van der Waals surface area (Å²) in [6.07, 6.45) is 2.62. The molecule has 1 saturated heterocycles. The highest BCUT2D eigenvalue weighted by molar-refractivity contribution is 7.22. The van der Waals surface area contributed by atoms with E-state index < -0.39 is 0 Å². The highest BCUT2D eigenvalue weighted by Crippen LogP contribution is 2.26. The second-order valence-electron chi connectivity index (χ2n) is 5.10.